The lowest BCUT2D eigenvalue weighted by Gasteiger charge is -2.13. The van der Waals surface area contributed by atoms with E-state index in [0.29, 0.717) is 13.1 Å². The molecular formula is C24H28N2O2. The van der Waals surface area contributed by atoms with E-state index in [2.05, 4.69) is 59.2 Å². The van der Waals surface area contributed by atoms with Crippen LogP contribution in [0.3, 0.4) is 0 Å². The number of benzene rings is 3. The molecule has 2 amide bonds. The molecule has 0 bridgehead atoms. The molecule has 0 saturated heterocycles. The van der Waals surface area contributed by atoms with Crippen LogP contribution < -0.4 is 15.4 Å². The van der Waals surface area contributed by atoms with Crippen LogP contribution in [0.5, 0.6) is 5.75 Å². The zero-order valence-electron chi connectivity index (χ0n) is 16.6. The van der Waals surface area contributed by atoms with E-state index in [0.717, 1.165) is 25.0 Å². The Bertz CT molecular complexity index is 923. The topological polar surface area (TPSA) is 50.4 Å². The van der Waals surface area contributed by atoms with Crippen molar-refractivity contribution in [3.05, 3.63) is 77.4 Å². The van der Waals surface area contributed by atoms with Crippen molar-refractivity contribution >= 4 is 16.8 Å². The number of nitrogens with one attached hydrogen (secondary N) is 2. The van der Waals surface area contributed by atoms with Gasteiger partial charge in [-0.15, -0.1) is 0 Å². The highest BCUT2D eigenvalue weighted by atomic mass is 16.5. The van der Waals surface area contributed by atoms with Crippen LogP contribution >= 0.6 is 0 Å². The highest BCUT2D eigenvalue weighted by Crippen LogP contribution is 2.27. The van der Waals surface area contributed by atoms with Crippen molar-refractivity contribution in [2.45, 2.75) is 26.2 Å². The second-order valence-corrected chi connectivity index (χ2v) is 6.94. The second-order valence-electron chi connectivity index (χ2n) is 6.94. The first-order valence-corrected chi connectivity index (χ1v) is 9.84. The van der Waals surface area contributed by atoms with Crippen LogP contribution in [0.4, 0.5) is 4.79 Å². The Labute approximate surface area is 166 Å². The Hall–Kier alpha value is -3.01. The lowest BCUT2D eigenvalue weighted by Crippen LogP contribution is -2.36. The summed E-state index contributed by atoms with van der Waals surface area (Å²) in [6.07, 6.45) is 2.59. The molecule has 146 valence electrons. The van der Waals surface area contributed by atoms with E-state index in [1.165, 1.54) is 27.5 Å². The molecule has 0 aliphatic rings. The zero-order chi connectivity index (χ0) is 19.8. The minimum atomic E-state index is -0.107. The summed E-state index contributed by atoms with van der Waals surface area (Å²) in [6, 6.07) is 21.0. The van der Waals surface area contributed by atoms with Crippen molar-refractivity contribution in [3.63, 3.8) is 0 Å². The molecule has 0 radical (unpaired) electrons. The maximum absolute atomic E-state index is 11.8. The number of amides is 2. The lowest BCUT2D eigenvalue weighted by molar-refractivity contribution is 0.241. The highest BCUT2D eigenvalue weighted by Gasteiger charge is 2.08. The number of ether oxygens (including phenoxy) is 1. The Morgan fingerprint density at radius 2 is 1.71 bits per heavy atom. The molecule has 0 heterocycles. The summed E-state index contributed by atoms with van der Waals surface area (Å²) in [7, 11) is 1.68. The number of carbonyl (C=O) groups excluding carboxylic acids is 1. The smallest absolute Gasteiger partial charge is 0.314 e. The molecule has 0 spiro atoms. The van der Waals surface area contributed by atoms with Gasteiger partial charge in [0.15, 0.2) is 0 Å². The molecule has 4 heteroatoms. The second kappa shape index (κ2) is 9.79. The standard InChI is InChI=1S/C24H28N2O2/c1-3-12-25-24(27)26-13-11-21-16-19(14-18-7-5-4-6-8-18)15-20-9-10-22(28-2)17-23(20)21/h4-10,15-17H,3,11-14H2,1-2H3,(H2,25,26,27). The summed E-state index contributed by atoms with van der Waals surface area (Å²) < 4.78 is 5.41. The number of rotatable bonds is 8. The van der Waals surface area contributed by atoms with Gasteiger partial charge in [0.1, 0.15) is 5.75 Å². The molecule has 3 aromatic rings. The molecule has 4 nitrogen and oxygen atoms in total. The van der Waals surface area contributed by atoms with Crippen molar-refractivity contribution in [2.24, 2.45) is 0 Å². The van der Waals surface area contributed by atoms with E-state index in [1.54, 1.807) is 7.11 Å². The van der Waals surface area contributed by atoms with Crippen LogP contribution in [-0.2, 0) is 12.8 Å². The third kappa shape index (κ3) is 5.26. The molecule has 3 rings (SSSR count). The van der Waals surface area contributed by atoms with Gasteiger partial charge in [0.05, 0.1) is 7.11 Å². The van der Waals surface area contributed by atoms with Crippen molar-refractivity contribution in [3.8, 4) is 5.75 Å². The van der Waals surface area contributed by atoms with Crippen molar-refractivity contribution in [2.75, 3.05) is 20.2 Å². The number of carbonyl (C=O) groups is 1. The van der Waals surface area contributed by atoms with Gasteiger partial charge in [-0.05, 0) is 58.9 Å². The van der Waals surface area contributed by atoms with Crippen LogP contribution in [-0.4, -0.2) is 26.2 Å². The SMILES string of the molecule is CCCNC(=O)NCCc1cc(Cc2ccccc2)cc2ccc(OC)cc12. The van der Waals surface area contributed by atoms with E-state index in [4.69, 9.17) is 4.74 Å². The molecule has 0 aliphatic carbocycles. The molecule has 0 aliphatic heterocycles. The summed E-state index contributed by atoms with van der Waals surface area (Å²) in [6.45, 7) is 3.33. The molecule has 28 heavy (non-hydrogen) atoms. The maximum atomic E-state index is 11.8. The fraction of sp³-hybridized carbons (Fsp3) is 0.292. The molecule has 0 unspecified atom stereocenters. The summed E-state index contributed by atoms with van der Waals surface area (Å²) >= 11 is 0. The normalized spacial score (nSPS) is 10.6. The van der Waals surface area contributed by atoms with E-state index in [9.17, 15) is 4.79 Å². The van der Waals surface area contributed by atoms with Crippen LogP contribution in [0.15, 0.2) is 60.7 Å². The predicted octanol–water partition coefficient (Wildman–Crippen LogP) is 4.69. The number of fused-ring (bicyclic) bond motifs is 1. The van der Waals surface area contributed by atoms with Gasteiger partial charge in [0.25, 0.3) is 0 Å². The Morgan fingerprint density at radius 1 is 0.929 bits per heavy atom. The fourth-order valence-corrected chi connectivity index (χ4v) is 3.36. The summed E-state index contributed by atoms with van der Waals surface area (Å²) in [4.78, 5) is 11.8. The minimum Gasteiger partial charge on any atom is -0.497 e. The average molecular weight is 377 g/mol. The zero-order valence-corrected chi connectivity index (χ0v) is 16.6. The molecule has 0 aromatic heterocycles. The molecule has 2 N–H and O–H groups in total. The summed E-state index contributed by atoms with van der Waals surface area (Å²) in [5.74, 6) is 0.846. The van der Waals surface area contributed by atoms with Crippen LogP contribution in [0.25, 0.3) is 10.8 Å². The third-order valence-corrected chi connectivity index (χ3v) is 4.77. The van der Waals surface area contributed by atoms with Crippen molar-refractivity contribution in [1.29, 1.82) is 0 Å². The van der Waals surface area contributed by atoms with Gasteiger partial charge >= 0.3 is 6.03 Å². The van der Waals surface area contributed by atoms with Gasteiger partial charge in [-0.3, -0.25) is 0 Å². The van der Waals surface area contributed by atoms with Gasteiger partial charge in [0, 0.05) is 13.1 Å². The maximum Gasteiger partial charge on any atom is 0.314 e. The van der Waals surface area contributed by atoms with E-state index in [-0.39, 0.29) is 6.03 Å². The largest absolute Gasteiger partial charge is 0.497 e. The predicted molar refractivity (Wildman–Crippen MR) is 115 cm³/mol. The van der Waals surface area contributed by atoms with Gasteiger partial charge in [-0.25, -0.2) is 4.79 Å². The summed E-state index contributed by atoms with van der Waals surface area (Å²) in [5.41, 5.74) is 3.78. The first-order valence-electron chi connectivity index (χ1n) is 9.84. The molecule has 0 atom stereocenters. The monoisotopic (exact) mass is 376 g/mol. The van der Waals surface area contributed by atoms with Crippen molar-refractivity contribution in [1.82, 2.24) is 10.6 Å². The van der Waals surface area contributed by atoms with Crippen LogP contribution in [0.2, 0.25) is 0 Å². The minimum absolute atomic E-state index is 0.107. The summed E-state index contributed by atoms with van der Waals surface area (Å²) in [5, 5.41) is 8.16. The lowest BCUT2D eigenvalue weighted by atomic mass is 9.95. The van der Waals surface area contributed by atoms with Gasteiger partial charge < -0.3 is 15.4 Å². The first kappa shape index (κ1) is 19.7. The van der Waals surface area contributed by atoms with E-state index >= 15 is 0 Å². The fourth-order valence-electron chi connectivity index (χ4n) is 3.36. The average Bonchev–Trinajstić information content (AvgIpc) is 2.72. The van der Waals surface area contributed by atoms with Gasteiger partial charge in [-0.1, -0.05) is 55.5 Å². The highest BCUT2D eigenvalue weighted by molar-refractivity contribution is 5.88. The number of methoxy groups -OCH3 is 1. The molecule has 3 aromatic carbocycles. The van der Waals surface area contributed by atoms with Crippen LogP contribution in [0.1, 0.15) is 30.0 Å². The van der Waals surface area contributed by atoms with Gasteiger partial charge in [0.2, 0.25) is 0 Å². The van der Waals surface area contributed by atoms with Crippen LogP contribution in [0, 0.1) is 0 Å². The number of hydrogen-bond donors (Lipinski definition) is 2. The number of urea groups is 1. The third-order valence-electron chi connectivity index (χ3n) is 4.77. The number of hydrogen-bond acceptors (Lipinski definition) is 2. The van der Waals surface area contributed by atoms with Crippen molar-refractivity contribution < 1.29 is 9.53 Å². The molecule has 0 saturated carbocycles. The first-order chi connectivity index (χ1) is 13.7. The quantitative estimate of drug-likeness (QED) is 0.599. The Kier molecular flexibility index (Phi) is 6.90. The van der Waals surface area contributed by atoms with E-state index < -0.39 is 0 Å². The Balaban J connectivity index is 1.83. The van der Waals surface area contributed by atoms with E-state index in [1.807, 2.05) is 19.1 Å². The molecule has 0 fully saturated rings. The molecular weight excluding hydrogens is 348 g/mol. The van der Waals surface area contributed by atoms with Gasteiger partial charge in [-0.2, -0.15) is 0 Å². The Morgan fingerprint density at radius 3 is 2.46 bits per heavy atom.